The summed E-state index contributed by atoms with van der Waals surface area (Å²) in [7, 11) is 0. The Morgan fingerprint density at radius 3 is 2.51 bits per heavy atom. The van der Waals surface area contributed by atoms with Gasteiger partial charge >= 0.3 is 5.97 Å². The molecule has 9 heteroatoms. The average Bonchev–Trinajstić information content (AvgIpc) is 3.31. The van der Waals surface area contributed by atoms with Crippen LogP contribution in [0.4, 0.5) is 0 Å². The van der Waals surface area contributed by atoms with E-state index in [0.717, 1.165) is 32.1 Å². The third-order valence-corrected chi connectivity index (χ3v) is 6.98. The maximum atomic E-state index is 13.1. The number of aliphatic hydroxyl groups is 1. The zero-order valence-corrected chi connectivity index (χ0v) is 21.6. The molecule has 2 aliphatic rings. The smallest absolute Gasteiger partial charge is 0.328 e. The van der Waals surface area contributed by atoms with Crippen molar-refractivity contribution in [1.29, 1.82) is 0 Å². The first-order chi connectivity index (χ1) is 16.5. The molecule has 0 radical (unpaired) electrons. The minimum Gasteiger partial charge on any atom is -0.459 e. The molecule has 1 aromatic carbocycles. The summed E-state index contributed by atoms with van der Waals surface area (Å²) in [4.78, 5) is 40.1. The number of hydrogen-bond acceptors (Lipinski definition) is 6. The predicted molar refractivity (Wildman–Crippen MR) is 133 cm³/mol. The number of rotatable bonds is 7. The Morgan fingerprint density at radius 2 is 1.86 bits per heavy atom. The SMILES string of the molecule is CC(C)(C)OC(=O)C(N)c1ccc(Cl)cc1CNC(=O)[C@@H]1CCCN1C(=O)[C@H](O)C1CCCCC1. The Bertz CT molecular complexity index is 926. The average molecular weight is 508 g/mol. The third kappa shape index (κ3) is 7.18. The van der Waals surface area contributed by atoms with Gasteiger partial charge in [-0.1, -0.05) is 36.9 Å². The summed E-state index contributed by atoms with van der Waals surface area (Å²) in [6.07, 6.45) is 5.03. The van der Waals surface area contributed by atoms with Crippen molar-refractivity contribution in [3.05, 3.63) is 34.3 Å². The molecule has 1 unspecified atom stereocenters. The van der Waals surface area contributed by atoms with Gasteiger partial charge in [0.1, 0.15) is 23.8 Å². The number of nitrogens with two attached hydrogens (primary N) is 1. The predicted octanol–water partition coefficient (Wildman–Crippen LogP) is 3.23. The number of esters is 1. The fourth-order valence-electron chi connectivity index (χ4n) is 4.95. The minimum atomic E-state index is -1.06. The number of carbonyl (C=O) groups excluding carboxylic acids is 3. The van der Waals surface area contributed by atoms with Gasteiger partial charge in [-0.15, -0.1) is 0 Å². The van der Waals surface area contributed by atoms with Crippen molar-refractivity contribution in [3.63, 3.8) is 0 Å². The second-order valence-corrected chi connectivity index (χ2v) is 11.0. The molecule has 1 aromatic rings. The second kappa shape index (κ2) is 11.7. The number of hydrogen-bond donors (Lipinski definition) is 3. The number of likely N-dealkylation sites (tertiary alicyclic amines) is 1. The van der Waals surface area contributed by atoms with E-state index in [-0.39, 0.29) is 24.3 Å². The van der Waals surface area contributed by atoms with Gasteiger partial charge in [0.05, 0.1) is 0 Å². The van der Waals surface area contributed by atoms with Crippen LogP contribution in [0.15, 0.2) is 18.2 Å². The fourth-order valence-corrected chi connectivity index (χ4v) is 5.14. The largest absolute Gasteiger partial charge is 0.459 e. The Balaban J connectivity index is 1.66. The second-order valence-electron chi connectivity index (χ2n) is 10.6. The van der Waals surface area contributed by atoms with E-state index in [1.165, 1.54) is 4.90 Å². The summed E-state index contributed by atoms with van der Waals surface area (Å²) in [5.41, 5.74) is 6.61. The number of aliphatic hydroxyl groups excluding tert-OH is 1. The molecule has 8 nitrogen and oxygen atoms in total. The standard InChI is InChI=1S/C26H38ClN3O5/c1-26(2,3)35-25(34)21(28)19-12-11-18(27)14-17(19)15-29-23(32)20-10-7-13-30(20)24(33)22(31)16-8-5-4-6-9-16/h11-12,14,16,20-22,31H,4-10,13,15,28H2,1-3H3,(H,29,32)/t20-,21?,22+/m0/s1. The highest BCUT2D eigenvalue weighted by Gasteiger charge is 2.39. The van der Waals surface area contributed by atoms with E-state index in [9.17, 15) is 19.5 Å². The van der Waals surface area contributed by atoms with E-state index < -0.39 is 29.8 Å². The molecule has 3 rings (SSSR count). The van der Waals surface area contributed by atoms with Crippen LogP contribution in [-0.4, -0.2) is 52.1 Å². The molecule has 0 spiro atoms. The Kier molecular flexibility index (Phi) is 9.18. The van der Waals surface area contributed by atoms with Crippen molar-refractivity contribution < 1.29 is 24.2 Å². The molecule has 3 atom stereocenters. The normalized spacial score (nSPS) is 20.9. The van der Waals surface area contributed by atoms with Crippen LogP contribution in [0.1, 0.15) is 82.9 Å². The lowest BCUT2D eigenvalue weighted by Crippen LogP contribution is -2.50. The van der Waals surface area contributed by atoms with Crippen LogP contribution in [0.25, 0.3) is 0 Å². The Hall–Kier alpha value is -2.16. The van der Waals surface area contributed by atoms with Crippen LogP contribution in [0, 0.1) is 5.92 Å². The molecule has 2 fully saturated rings. The molecule has 4 N–H and O–H groups in total. The lowest BCUT2D eigenvalue weighted by Gasteiger charge is -2.31. The van der Waals surface area contributed by atoms with Crippen molar-refractivity contribution in [2.75, 3.05) is 6.54 Å². The highest BCUT2D eigenvalue weighted by atomic mass is 35.5. The van der Waals surface area contributed by atoms with Crippen LogP contribution in [0.2, 0.25) is 5.02 Å². The fraction of sp³-hybridized carbons (Fsp3) is 0.654. The zero-order chi connectivity index (χ0) is 25.8. The molecular weight excluding hydrogens is 470 g/mol. The molecule has 35 heavy (non-hydrogen) atoms. The number of amides is 2. The number of halogens is 1. The van der Waals surface area contributed by atoms with Gasteiger partial charge in [-0.05, 0) is 75.6 Å². The number of ether oxygens (including phenoxy) is 1. The first kappa shape index (κ1) is 27.4. The number of nitrogens with zero attached hydrogens (tertiary/aromatic N) is 1. The highest BCUT2D eigenvalue weighted by Crippen LogP contribution is 2.29. The molecule has 0 aromatic heterocycles. The molecule has 194 valence electrons. The van der Waals surface area contributed by atoms with Crippen molar-refractivity contribution in [1.82, 2.24) is 10.2 Å². The lowest BCUT2D eigenvalue weighted by molar-refractivity contribution is -0.156. The summed E-state index contributed by atoms with van der Waals surface area (Å²) >= 11 is 6.17. The van der Waals surface area contributed by atoms with Gasteiger partial charge in [-0.25, -0.2) is 4.79 Å². The van der Waals surface area contributed by atoms with Crippen LogP contribution in [0.5, 0.6) is 0 Å². The maximum Gasteiger partial charge on any atom is 0.328 e. The van der Waals surface area contributed by atoms with E-state index in [4.69, 9.17) is 22.1 Å². The molecule has 2 amide bonds. The minimum absolute atomic E-state index is 0.0380. The summed E-state index contributed by atoms with van der Waals surface area (Å²) in [5.74, 6) is -1.27. The van der Waals surface area contributed by atoms with E-state index in [0.29, 0.717) is 35.5 Å². The summed E-state index contributed by atoms with van der Waals surface area (Å²) in [5, 5.41) is 14.0. The van der Waals surface area contributed by atoms with Gasteiger partial charge < -0.3 is 25.8 Å². The van der Waals surface area contributed by atoms with Crippen molar-refractivity contribution >= 4 is 29.4 Å². The molecule has 1 saturated heterocycles. The summed E-state index contributed by atoms with van der Waals surface area (Å²) in [6.45, 7) is 5.84. The van der Waals surface area contributed by atoms with Gasteiger partial charge in [-0.3, -0.25) is 9.59 Å². The topological polar surface area (TPSA) is 122 Å². The number of nitrogens with one attached hydrogen (secondary N) is 1. The molecule has 1 saturated carbocycles. The van der Waals surface area contributed by atoms with Crippen molar-refractivity contribution in [3.8, 4) is 0 Å². The highest BCUT2D eigenvalue weighted by molar-refractivity contribution is 6.30. The first-order valence-corrected chi connectivity index (χ1v) is 12.9. The molecule has 1 aliphatic heterocycles. The number of benzene rings is 1. The molecular formula is C26H38ClN3O5. The van der Waals surface area contributed by atoms with Gasteiger partial charge in [0, 0.05) is 18.1 Å². The molecule has 0 bridgehead atoms. The lowest BCUT2D eigenvalue weighted by atomic mass is 9.84. The van der Waals surface area contributed by atoms with E-state index >= 15 is 0 Å². The van der Waals surface area contributed by atoms with Gasteiger partial charge in [-0.2, -0.15) is 0 Å². The van der Waals surface area contributed by atoms with Crippen LogP contribution in [0.3, 0.4) is 0 Å². The van der Waals surface area contributed by atoms with Gasteiger partial charge in [0.15, 0.2) is 0 Å². The van der Waals surface area contributed by atoms with E-state index in [1.807, 2.05) is 0 Å². The summed E-state index contributed by atoms with van der Waals surface area (Å²) < 4.78 is 5.41. The zero-order valence-electron chi connectivity index (χ0n) is 20.9. The quantitative estimate of drug-likeness (QED) is 0.487. The van der Waals surface area contributed by atoms with Gasteiger partial charge in [0.25, 0.3) is 5.91 Å². The summed E-state index contributed by atoms with van der Waals surface area (Å²) in [6, 6.07) is 3.28. The number of carbonyl (C=O) groups is 3. The van der Waals surface area contributed by atoms with Crippen molar-refractivity contribution in [2.45, 2.75) is 96.1 Å². The van der Waals surface area contributed by atoms with Crippen LogP contribution in [-0.2, 0) is 25.7 Å². The molecule has 1 heterocycles. The van der Waals surface area contributed by atoms with Crippen LogP contribution >= 0.6 is 11.6 Å². The van der Waals surface area contributed by atoms with E-state index in [2.05, 4.69) is 5.32 Å². The van der Waals surface area contributed by atoms with Gasteiger partial charge in [0.2, 0.25) is 5.91 Å². The maximum absolute atomic E-state index is 13.1. The molecule has 1 aliphatic carbocycles. The first-order valence-electron chi connectivity index (χ1n) is 12.5. The monoisotopic (exact) mass is 507 g/mol. The Labute approximate surface area is 212 Å². The Morgan fingerprint density at radius 1 is 1.17 bits per heavy atom. The van der Waals surface area contributed by atoms with E-state index in [1.54, 1.807) is 39.0 Å². The third-order valence-electron chi connectivity index (χ3n) is 6.74. The van der Waals surface area contributed by atoms with Crippen molar-refractivity contribution in [2.24, 2.45) is 11.7 Å². The van der Waals surface area contributed by atoms with Crippen LogP contribution < -0.4 is 11.1 Å².